The standard InChI is InChI=1S/C27H27N3O3/c1-18-7-9-19(10-8-18)24(20-11-13-21(33-2)14-12-20)29-26(32)30-16-15-27(17-30)22-5-3-4-6-23(22)28-25(27)31/h3-14,24H,15-17H2,1-2H3,(H,28,31)(H,29,32). The fourth-order valence-electron chi connectivity index (χ4n) is 4.89. The molecule has 2 aliphatic rings. The number of fused-ring (bicyclic) bond motifs is 2. The molecule has 0 aromatic heterocycles. The average molecular weight is 442 g/mol. The van der Waals surface area contributed by atoms with Gasteiger partial charge in [-0.15, -0.1) is 0 Å². The van der Waals surface area contributed by atoms with E-state index in [-0.39, 0.29) is 18.0 Å². The predicted octanol–water partition coefficient (Wildman–Crippen LogP) is 4.40. The molecule has 1 saturated heterocycles. The molecule has 1 spiro atoms. The van der Waals surface area contributed by atoms with E-state index in [1.807, 2.05) is 79.7 Å². The summed E-state index contributed by atoms with van der Waals surface area (Å²) in [6.07, 6.45) is 0.612. The highest BCUT2D eigenvalue weighted by molar-refractivity contribution is 6.07. The Labute approximate surface area is 193 Å². The van der Waals surface area contributed by atoms with Crippen molar-refractivity contribution in [1.29, 1.82) is 0 Å². The number of rotatable bonds is 4. The van der Waals surface area contributed by atoms with Crippen molar-refractivity contribution in [3.8, 4) is 5.75 Å². The van der Waals surface area contributed by atoms with Crippen molar-refractivity contribution in [3.05, 3.63) is 95.1 Å². The first-order valence-corrected chi connectivity index (χ1v) is 11.2. The lowest BCUT2D eigenvalue weighted by Gasteiger charge is -2.26. The molecule has 2 aliphatic heterocycles. The molecular formula is C27H27N3O3. The van der Waals surface area contributed by atoms with Gasteiger partial charge in [0.15, 0.2) is 0 Å². The molecular weight excluding hydrogens is 414 g/mol. The number of ether oxygens (including phenoxy) is 1. The number of methoxy groups -OCH3 is 1. The number of carbonyl (C=O) groups excluding carboxylic acids is 2. The monoisotopic (exact) mass is 441 g/mol. The number of carbonyl (C=O) groups is 2. The molecule has 0 saturated carbocycles. The third-order valence-corrected chi connectivity index (χ3v) is 6.81. The van der Waals surface area contributed by atoms with Crippen LogP contribution in [0, 0.1) is 6.92 Å². The lowest BCUT2D eigenvalue weighted by molar-refractivity contribution is -0.120. The molecule has 6 heteroatoms. The van der Waals surface area contributed by atoms with Crippen molar-refractivity contribution in [2.45, 2.75) is 24.8 Å². The van der Waals surface area contributed by atoms with Gasteiger partial charge in [0, 0.05) is 18.8 Å². The van der Waals surface area contributed by atoms with Gasteiger partial charge in [-0.1, -0.05) is 60.2 Å². The zero-order valence-electron chi connectivity index (χ0n) is 18.8. The van der Waals surface area contributed by atoms with Gasteiger partial charge >= 0.3 is 6.03 Å². The summed E-state index contributed by atoms with van der Waals surface area (Å²) in [5.74, 6) is 0.740. The Morgan fingerprint density at radius 1 is 1.03 bits per heavy atom. The lowest BCUT2D eigenvalue weighted by Crippen LogP contribution is -2.44. The number of likely N-dealkylation sites (tertiary alicyclic amines) is 1. The number of benzene rings is 3. The SMILES string of the molecule is COc1ccc(C(NC(=O)N2CCC3(C2)C(=O)Nc2ccccc23)c2ccc(C)cc2)cc1. The molecule has 2 N–H and O–H groups in total. The van der Waals surface area contributed by atoms with Crippen LogP contribution in [0.2, 0.25) is 0 Å². The first-order valence-electron chi connectivity index (χ1n) is 11.2. The van der Waals surface area contributed by atoms with E-state index >= 15 is 0 Å². The van der Waals surface area contributed by atoms with Gasteiger partial charge in [0.1, 0.15) is 5.75 Å². The van der Waals surface area contributed by atoms with Gasteiger partial charge in [-0.2, -0.15) is 0 Å². The van der Waals surface area contributed by atoms with Crippen LogP contribution in [0.25, 0.3) is 0 Å². The second kappa shape index (κ2) is 8.28. The highest BCUT2D eigenvalue weighted by Gasteiger charge is 2.52. The maximum Gasteiger partial charge on any atom is 0.318 e. The molecule has 3 aromatic rings. The van der Waals surface area contributed by atoms with Crippen molar-refractivity contribution < 1.29 is 14.3 Å². The number of aryl methyl sites for hydroxylation is 1. The molecule has 168 valence electrons. The van der Waals surface area contributed by atoms with Crippen LogP contribution in [0.1, 0.15) is 34.7 Å². The number of amides is 3. The number of hydrogen-bond donors (Lipinski definition) is 2. The first-order chi connectivity index (χ1) is 16.0. The van der Waals surface area contributed by atoms with E-state index in [1.54, 1.807) is 12.0 Å². The van der Waals surface area contributed by atoms with E-state index < -0.39 is 5.41 Å². The zero-order valence-corrected chi connectivity index (χ0v) is 18.8. The van der Waals surface area contributed by atoms with E-state index in [9.17, 15) is 9.59 Å². The average Bonchev–Trinajstić information content (AvgIpc) is 3.41. The Balaban J connectivity index is 1.40. The molecule has 2 heterocycles. The second-order valence-electron chi connectivity index (χ2n) is 8.82. The quantitative estimate of drug-likeness (QED) is 0.631. The van der Waals surface area contributed by atoms with Crippen molar-refractivity contribution in [2.24, 2.45) is 0 Å². The second-order valence-corrected chi connectivity index (χ2v) is 8.82. The lowest BCUT2D eigenvalue weighted by atomic mass is 9.81. The van der Waals surface area contributed by atoms with Gasteiger partial charge in [-0.3, -0.25) is 4.79 Å². The van der Waals surface area contributed by atoms with Gasteiger partial charge < -0.3 is 20.3 Å². The van der Waals surface area contributed by atoms with Crippen LogP contribution in [-0.2, 0) is 10.2 Å². The van der Waals surface area contributed by atoms with Crippen LogP contribution in [0.5, 0.6) is 5.75 Å². The first kappa shape index (κ1) is 21.1. The van der Waals surface area contributed by atoms with Crippen molar-refractivity contribution in [1.82, 2.24) is 10.2 Å². The van der Waals surface area contributed by atoms with E-state index in [0.717, 1.165) is 33.7 Å². The summed E-state index contributed by atoms with van der Waals surface area (Å²) in [5.41, 5.74) is 4.28. The summed E-state index contributed by atoms with van der Waals surface area (Å²) in [5, 5.41) is 6.20. The summed E-state index contributed by atoms with van der Waals surface area (Å²) in [6, 6.07) is 23.2. The summed E-state index contributed by atoms with van der Waals surface area (Å²) < 4.78 is 5.29. The molecule has 3 aromatic carbocycles. The molecule has 33 heavy (non-hydrogen) atoms. The third kappa shape index (κ3) is 3.71. The van der Waals surface area contributed by atoms with Crippen LogP contribution < -0.4 is 15.4 Å². The van der Waals surface area contributed by atoms with Crippen molar-refractivity contribution in [2.75, 3.05) is 25.5 Å². The molecule has 2 atom stereocenters. The van der Waals surface area contributed by atoms with Gasteiger partial charge in [-0.05, 0) is 48.2 Å². The molecule has 3 amide bonds. The van der Waals surface area contributed by atoms with Crippen LogP contribution in [0.4, 0.5) is 10.5 Å². The highest BCUT2D eigenvalue weighted by atomic mass is 16.5. The van der Waals surface area contributed by atoms with Crippen LogP contribution in [-0.4, -0.2) is 37.0 Å². The predicted molar refractivity (Wildman–Crippen MR) is 127 cm³/mol. The number of para-hydroxylation sites is 1. The van der Waals surface area contributed by atoms with E-state index in [4.69, 9.17) is 4.74 Å². The van der Waals surface area contributed by atoms with Crippen molar-refractivity contribution >= 4 is 17.6 Å². The van der Waals surface area contributed by atoms with E-state index in [2.05, 4.69) is 10.6 Å². The minimum Gasteiger partial charge on any atom is -0.497 e. The molecule has 6 nitrogen and oxygen atoms in total. The Hall–Kier alpha value is -3.80. The van der Waals surface area contributed by atoms with Crippen LogP contribution in [0.15, 0.2) is 72.8 Å². The molecule has 2 unspecified atom stereocenters. The topological polar surface area (TPSA) is 70.7 Å². The Morgan fingerprint density at radius 3 is 2.39 bits per heavy atom. The van der Waals surface area contributed by atoms with Gasteiger partial charge in [0.25, 0.3) is 0 Å². The van der Waals surface area contributed by atoms with Crippen LogP contribution >= 0.6 is 0 Å². The maximum atomic E-state index is 13.4. The van der Waals surface area contributed by atoms with Gasteiger partial charge in [0.2, 0.25) is 5.91 Å². The number of hydrogen-bond acceptors (Lipinski definition) is 3. The van der Waals surface area contributed by atoms with Crippen molar-refractivity contribution in [3.63, 3.8) is 0 Å². The fourth-order valence-corrected chi connectivity index (χ4v) is 4.89. The van der Waals surface area contributed by atoms with Gasteiger partial charge in [0.05, 0.1) is 18.6 Å². The molecule has 0 radical (unpaired) electrons. The minimum atomic E-state index is -0.673. The molecule has 0 aliphatic carbocycles. The molecule has 1 fully saturated rings. The van der Waals surface area contributed by atoms with E-state index in [1.165, 1.54) is 0 Å². The van der Waals surface area contributed by atoms with E-state index in [0.29, 0.717) is 19.5 Å². The minimum absolute atomic E-state index is 0.0239. The number of urea groups is 1. The summed E-state index contributed by atoms with van der Waals surface area (Å²) in [6.45, 7) is 2.93. The summed E-state index contributed by atoms with van der Waals surface area (Å²) in [7, 11) is 1.63. The fraction of sp³-hybridized carbons (Fsp3) is 0.259. The summed E-state index contributed by atoms with van der Waals surface area (Å²) >= 11 is 0. The Bertz CT molecular complexity index is 1190. The summed E-state index contributed by atoms with van der Waals surface area (Å²) in [4.78, 5) is 28.1. The molecule has 5 rings (SSSR count). The number of nitrogens with one attached hydrogen (secondary N) is 2. The number of nitrogens with zero attached hydrogens (tertiary/aromatic N) is 1. The zero-order chi connectivity index (χ0) is 23.0. The smallest absolute Gasteiger partial charge is 0.318 e. The highest BCUT2D eigenvalue weighted by Crippen LogP contribution is 2.44. The Kier molecular flexibility index (Phi) is 5.29. The third-order valence-electron chi connectivity index (χ3n) is 6.81. The largest absolute Gasteiger partial charge is 0.497 e. The van der Waals surface area contributed by atoms with Gasteiger partial charge in [-0.25, -0.2) is 4.79 Å². The maximum absolute atomic E-state index is 13.4. The molecule has 0 bridgehead atoms. The van der Waals surface area contributed by atoms with Crippen LogP contribution in [0.3, 0.4) is 0 Å². The Morgan fingerprint density at radius 2 is 1.70 bits per heavy atom. The normalized spacial score (nSPS) is 19.8. The number of anilines is 1.